The number of carbonyl (C=O) groups excluding carboxylic acids is 3. The van der Waals surface area contributed by atoms with E-state index in [1.54, 1.807) is 18.2 Å². The van der Waals surface area contributed by atoms with E-state index in [4.69, 9.17) is 0 Å². The molecule has 6 heteroatoms. The summed E-state index contributed by atoms with van der Waals surface area (Å²) in [4.78, 5) is 39.5. The van der Waals surface area contributed by atoms with Gasteiger partial charge in [0.25, 0.3) is 11.8 Å². The summed E-state index contributed by atoms with van der Waals surface area (Å²) < 4.78 is 2.09. The van der Waals surface area contributed by atoms with Gasteiger partial charge >= 0.3 is 6.03 Å². The lowest BCUT2D eigenvalue weighted by atomic mass is 10.1. The average Bonchev–Trinajstić information content (AvgIpc) is 2.99. The zero-order valence-electron chi connectivity index (χ0n) is 19.7. The number of carbonyl (C=O) groups is 3. The van der Waals surface area contributed by atoms with Gasteiger partial charge in [0.1, 0.15) is 5.57 Å². The molecule has 6 nitrogen and oxygen atoms in total. The number of anilines is 1. The van der Waals surface area contributed by atoms with Crippen molar-refractivity contribution in [2.45, 2.75) is 41.5 Å². The minimum absolute atomic E-state index is 0.0749. The monoisotopic (exact) mass is 441 g/mol. The fourth-order valence-corrected chi connectivity index (χ4v) is 4.32. The topological polar surface area (TPSA) is 71.4 Å². The Kier molecular flexibility index (Phi) is 5.54. The molecule has 1 saturated heterocycles. The van der Waals surface area contributed by atoms with Crippen LogP contribution in [0.25, 0.3) is 11.8 Å². The van der Waals surface area contributed by atoms with E-state index in [1.807, 2.05) is 39.8 Å². The fourth-order valence-electron chi connectivity index (χ4n) is 4.32. The summed E-state index contributed by atoms with van der Waals surface area (Å²) in [5.74, 6) is -1.33. The molecule has 33 heavy (non-hydrogen) atoms. The maximum Gasteiger partial charge on any atom is 0.335 e. The largest absolute Gasteiger partial charge is 0.335 e. The van der Waals surface area contributed by atoms with Crippen LogP contribution in [0.4, 0.5) is 10.5 Å². The van der Waals surface area contributed by atoms with E-state index >= 15 is 0 Å². The van der Waals surface area contributed by atoms with E-state index in [0.717, 1.165) is 38.7 Å². The number of benzene rings is 2. The van der Waals surface area contributed by atoms with Gasteiger partial charge in [0.05, 0.1) is 5.69 Å². The Morgan fingerprint density at radius 1 is 0.758 bits per heavy atom. The number of urea groups is 1. The van der Waals surface area contributed by atoms with Crippen LogP contribution in [0.5, 0.6) is 0 Å². The molecule has 0 bridgehead atoms. The van der Waals surface area contributed by atoms with Crippen LogP contribution in [-0.4, -0.2) is 22.4 Å². The molecule has 1 fully saturated rings. The molecule has 1 N–H and O–H groups in total. The van der Waals surface area contributed by atoms with Gasteiger partial charge < -0.3 is 4.57 Å². The Bertz CT molecular complexity index is 1340. The van der Waals surface area contributed by atoms with E-state index in [-0.39, 0.29) is 5.57 Å². The van der Waals surface area contributed by atoms with Gasteiger partial charge in [-0.1, -0.05) is 12.1 Å². The molecular weight excluding hydrogens is 414 g/mol. The molecule has 3 aromatic rings. The summed E-state index contributed by atoms with van der Waals surface area (Å²) in [6.45, 7) is 11.9. The second-order valence-corrected chi connectivity index (χ2v) is 8.73. The number of nitrogens with zero attached hydrogens (tertiary/aromatic N) is 2. The lowest BCUT2D eigenvalue weighted by molar-refractivity contribution is -0.122. The molecule has 4 rings (SSSR count). The number of imide groups is 2. The predicted molar refractivity (Wildman–Crippen MR) is 130 cm³/mol. The summed E-state index contributed by atoms with van der Waals surface area (Å²) in [6, 6.07) is 12.9. The number of aryl methyl sites for hydroxylation is 5. The number of aromatic nitrogens is 1. The number of amides is 4. The van der Waals surface area contributed by atoms with E-state index in [0.29, 0.717) is 5.69 Å². The van der Waals surface area contributed by atoms with Crippen molar-refractivity contribution in [3.05, 3.63) is 87.2 Å². The molecule has 0 radical (unpaired) electrons. The first-order valence-corrected chi connectivity index (χ1v) is 10.8. The molecule has 0 unspecified atom stereocenters. The standard InChI is InChI=1S/C27H27N3O3/c1-15-9-16(2)11-23(10-15)30-26(32)24(25(31)28-27(30)33)14-21-13-19(5)29(20(21)6)22-8-7-17(3)18(4)12-22/h7-14H,1-6H3,(H,28,31,33). The highest BCUT2D eigenvalue weighted by Gasteiger charge is 2.37. The van der Waals surface area contributed by atoms with Crippen LogP contribution in [0.1, 0.15) is 39.2 Å². The zero-order chi connectivity index (χ0) is 24.0. The summed E-state index contributed by atoms with van der Waals surface area (Å²) in [7, 11) is 0. The van der Waals surface area contributed by atoms with Gasteiger partial charge in [-0.15, -0.1) is 0 Å². The highest BCUT2D eigenvalue weighted by atomic mass is 16.2. The van der Waals surface area contributed by atoms with Crippen LogP contribution in [0.2, 0.25) is 0 Å². The average molecular weight is 442 g/mol. The Hall–Kier alpha value is -3.93. The summed E-state index contributed by atoms with van der Waals surface area (Å²) in [6.07, 6.45) is 1.57. The Balaban J connectivity index is 1.78. The van der Waals surface area contributed by atoms with Crippen molar-refractivity contribution >= 4 is 29.6 Å². The first-order valence-electron chi connectivity index (χ1n) is 10.8. The molecule has 0 aliphatic carbocycles. The number of hydrogen-bond acceptors (Lipinski definition) is 3. The molecule has 2 heterocycles. The SMILES string of the molecule is Cc1cc(C)cc(N2C(=O)NC(=O)C(=Cc3cc(C)n(-c4ccc(C)c(C)c4)c3C)C2=O)c1. The summed E-state index contributed by atoms with van der Waals surface area (Å²) >= 11 is 0. The molecule has 1 aliphatic rings. The summed E-state index contributed by atoms with van der Waals surface area (Å²) in [5.41, 5.74) is 8.25. The minimum atomic E-state index is -0.743. The third kappa shape index (κ3) is 4.00. The molecule has 4 amide bonds. The van der Waals surface area contributed by atoms with Crippen LogP contribution in [0.15, 0.2) is 48.0 Å². The van der Waals surface area contributed by atoms with Gasteiger partial charge in [-0.3, -0.25) is 14.9 Å². The van der Waals surface area contributed by atoms with E-state index < -0.39 is 17.8 Å². The second-order valence-electron chi connectivity index (χ2n) is 8.73. The predicted octanol–water partition coefficient (Wildman–Crippen LogP) is 4.99. The van der Waals surface area contributed by atoms with E-state index in [2.05, 4.69) is 41.9 Å². The zero-order valence-corrected chi connectivity index (χ0v) is 19.7. The van der Waals surface area contributed by atoms with Gasteiger partial charge in [0, 0.05) is 17.1 Å². The van der Waals surface area contributed by atoms with Crippen molar-refractivity contribution in [1.29, 1.82) is 0 Å². The van der Waals surface area contributed by atoms with Crippen LogP contribution in [-0.2, 0) is 9.59 Å². The molecule has 0 atom stereocenters. The van der Waals surface area contributed by atoms with E-state index in [1.165, 1.54) is 11.1 Å². The van der Waals surface area contributed by atoms with Crippen LogP contribution in [0, 0.1) is 41.5 Å². The molecule has 0 saturated carbocycles. The van der Waals surface area contributed by atoms with Crippen molar-refractivity contribution < 1.29 is 14.4 Å². The van der Waals surface area contributed by atoms with Crippen molar-refractivity contribution in [1.82, 2.24) is 9.88 Å². The number of nitrogens with one attached hydrogen (secondary N) is 1. The summed E-state index contributed by atoms with van der Waals surface area (Å²) in [5, 5.41) is 2.31. The highest BCUT2D eigenvalue weighted by Crippen LogP contribution is 2.27. The van der Waals surface area contributed by atoms with Crippen molar-refractivity contribution in [3.8, 4) is 5.69 Å². The van der Waals surface area contributed by atoms with Gasteiger partial charge in [-0.25, -0.2) is 9.69 Å². The third-order valence-electron chi connectivity index (χ3n) is 6.09. The first-order chi connectivity index (χ1) is 15.6. The normalized spacial score (nSPS) is 15.4. The highest BCUT2D eigenvalue weighted by molar-refractivity contribution is 6.39. The Morgan fingerprint density at radius 2 is 1.42 bits per heavy atom. The van der Waals surface area contributed by atoms with Gasteiger partial charge in [0.2, 0.25) is 0 Å². The minimum Gasteiger partial charge on any atom is -0.318 e. The molecule has 1 aromatic heterocycles. The van der Waals surface area contributed by atoms with Gasteiger partial charge in [-0.2, -0.15) is 0 Å². The van der Waals surface area contributed by atoms with Crippen LogP contribution in [0.3, 0.4) is 0 Å². The van der Waals surface area contributed by atoms with Gasteiger partial charge in [0.15, 0.2) is 0 Å². The molecule has 2 aromatic carbocycles. The van der Waals surface area contributed by atoms with Crippen LogP contribution < -0.4 is 10.2 Å². The third-order valence-corrected chi connectivity index (χ3v) is 6.09. The maximum atomic E-state index is 13.3. The van der Waals surface area contributed by atoms with Crippen molar-refractivity contribution in [2.75, 3.05) is 4.90 Å². The smallest absolute Gasteiger partial charge is 0.318 e. The fraction of sp³-hybridized carbons (Fsp3) is 0.222. The number of hydrogen-bond donors (Lipinski definition) is 1. The Morgan fingerprint density at radius 3 is 2.06 bits per heavy atom. The first kappa shape index (κ1) is 22.3. The molecule has 168 valence electrons. The number of rotatable bonds is 3. The Labute approximate surface area is 193 Å². The van der Waals surface area contributed by atoms with Crippen molar-refractivity contribution in [2.24, 2.45) is 0 Å². The lowest BCUT2D eigenvalue weighted by Crippen LogP contribution is -2.54. The van der Waals surface area contributed by atoms with Gasteiger partial charge in [-0.05, 0) is 106 Å². The lowest BCUT2D eigenvalue weighted by Gasteiger charge is -2.27. The number of barbiturate groups is 1. The van der Waals surface area contributed by atoms with E-state index in [9.17, 15) is 14.4 Å². The second kappa shape index (κ2) is 8.20. The molecule has 0 spiro atoms. The van der Waals surface area contributed by atoms with Crippen molar-refractivity contribution in [3.63, 3.8) is 0 Å². The molecular formula is C27H27N3O3. The van der Waals surface area contributed by atoms with Crippen LogP contribution >= 0.6 is 0 Å². The molecule has 1 aliphatic heterocycles. The quantitative estimate of drug-likeness (QED) is 0.460. The maximum absolute atomic E-state index is 13.3.